The Kier molecular flexibility index (Phi) is 4.98. The van der Waals surface area contributed by atoms with E-state index in [2.05, 4.69) is 35.0 Å². The second kappa shape index (κ2) is 6.50. The Bertz CT molecular complexity index is 480. The number of aliphatic hydroxyl groups is 1. The van der Waals surface area contributed by atoms with Gasteiger partial charge in [0, 0.05) is 15.8 Å². The Morgan fingerprint density at radius 1 is 1.22 bits per heavy atom. The molecule has 2 unspecified atom stereocenters. The molecule has 3 heteroatoms. The molecule has 2 aromatic rings. The van der Waals surface area contributed by atoms with Gasteiger partial charge in [0.25, 0.3) is 0 Å². The molecule has 0 fully saturated rings. The van der Waals surface area contributed by atoms with Crippen molar-refractivity contribution in [1.29, 1.82) is 0 Å². The molecule has 1 nitrogen and oxygen atoms in total. The Hall–Kier alpha value is -0.640. The van der Waals surface area contributed by atoms with E-state index >= 15 is 0 Å². The second-order valence-corrected chi connectivity index (χ2v) is 6.45. The monoisotopic (exact) mass is 324 g/mol. The van der Waals surface area contributed by atoms with Crippen molar-refractivity contribution < 1.29 is 5.11 Å². The number of hydrogen-bond donors (Lipinski definition) is 1. The largest absolute Gasteiger partial charge is 0.393 e. The summed E-state index contributed by atoms with van der Waals surface area (Å²) in [6.45, 7) is 2.17. The van der Waals surface area contributed by atoms with Crippen molar-refractivity contribution >= 4 is 27.3 Å². The molecule has 96 valence electrons. The van der Waals surface area contributed by atoms with E-state index in [1.54, 1.807) is 11.3 Å². The topological polar surface area (TPSA) is 20.2 Å². The van der Waals surface area contributed by atoms with E-state index in [9.17, 15) is 5.11 Å². The summed E-state index contributed by atoms with van der Waals surface area (Å²) >= 11 is 5.20. The molecule has 0 aliphatic rings. The zero-order chi connectivity index (χ0) is 13.0. The normalized spacial score (nSPS) is 14.4. The molecule has 0 aliphatic carbocycles. The highest BCUT2D eigenvalue weighted by molar-refractivity contribution is 9.10. The van der Waals surface area contributed by atoms with E-state index in [1.165, 1.54) is 10.4 Å². The first-order valence-electron chi connectivity index (χ1n) is 6.11. The maximum atomic E-state index is 10.2. The third-order valence-corrected chi connectivity index (χ3v) is 5.05. The fourth-order valence-electron chi connectivity index (χ4n) is 2.09. The average molecular weight is 325 g/mol. The standard InChI is InChI=1S/C15H17BrOS/c1-11(12-5-3-2-4-6-12)9-13(17)10-15-14(16)7-8-18-15/h2-8,11,13,17H,9-10H2,1H3. The van der Waals surface area contributed by atoms with Crippen LogP contribution in [0.4, 0.5) is 0 Å². The number of hydrogen-bond acceptors (Lipinski definition) is 2. The number of thiophene rings is 1. The summed E-state index contributed by atoms with van der Waals surface area (Å²) in [5.41, 5.74) is 1.29. The highest BCUT2D eigenvalue weighted by atomic mass is 79.9. The number of benzene rings is 1. The first-order chi connectivity index (χ1) is 8.66. The summed E-state index contributed by atoms with van der Waals surface area (Å²) in [7, 11) is 0. The highest BCUT2D eigenvalue weighted by Gasteiger charge is 2.14. The first-order valence-corrected chi connectivity index (χ1v) is 7.79. The molecule has 0 saturated carbocycles. The summed E-state index contributed by atoms with van der Waals surface area (Å²) in [5.74, 6) is 0.389. The van der Waals surface area contributed by atoms with E-state index in [0.29, 0.717) is 5.92 Å². The van der Waals surface area contributed by atoms with Crippen LogP contribution >= 0.6 is 27.3 Å². The molecule has 0 amide bonds. The lowest BCUT2D eigenvalue weighted by atomic mass is 9.94. The molecule has 1 aromatic heterocycles. The van der Waals surface area contributed by atoms with Crippen LogP contribution in [0.3, 0.4) is 0 Å². The van der Waals surface area contributed by atoms with Crippen LogP contribution < -0.4 is 0 Å². The molecule has 0 radical (unpaired) electrons. The van der Waals surface area contributed by atoms with Gasteiger partial charge in [-0.1, -0.05) is 37.3 Å². The number of halogens is 1. The lowest BCUT2D eigenvalue weighted by molar-refractivity contribution is 0.158. The van der Waals surface area contributed by atoms with Gasteiger partial charge in [-0.3, -0.25) is 0 Å². The lowest BCUT2D eigenvalue weighted by Gasteiger charge is -2.16. The van der Waals surface area contributed by atoms with Crippen molar-refractivity contribution in [2.75, 3.05) is 0 Å². The Balaban J connectivity index is 1.92. The highest BCUT2D eigenvalue weighted by Crippen LogP contribution is 2.27. The summed E-state index contributed by atoms with van der Waals surface area (Å²) in [6.07, 6.45) is 1.25. The third kappa shape index (κ3) is 3.67. The molecule has 1 N–H and O–H groups in total. The lowest BCUT2D eigenvalue weighted by Crippen LogP contribution is -2.13. The molecular formula is C15H17BrOS. The summed E-state index contributed by atoms with van der Waals surface area (Å²) in [4.78, 5) is 1.22. The Morgan fingerprint density at radius 2 is 1.94 bits per heavy atom. The van der Waals surface area contributed by atoms with Gasteiger partial charge >= 0.3 is 0 Å². The van der Waals surface area contributed by atoms with Crippen molar-refractivity contribution in [3.05, 3.63) is 56.7 Å². The Labute approximate surface area is 121 Å². The van der Waals surface area contributed by atoms with Gasteiger partial charge in [0.2, 0.25) is 0 Å². The average Bonchev–Trinajstić information content (AvgIpc) is 2.76. The molecular weight excluding hydrogens is 308 g/mol. The van der Waals surface area contributed by atoms with Gasteiger partial charge in [-0.25, -0.2) is 0 Å². The number of rotatable bonds is 5. The second-order valence-electron chi connectivity index (χ2n) is 4.60. The molecule has 1 heterocycles. The maximum Gasteiger partial charge on any atom is 0.0594 e. The quantitative estimate of drug-likeness (QED) is 0.851. The zero-order valence-corrected chi connectivity index (χ0v) is 12.7. The van der Waals surface area contributed by atoms with Crippen molar-refractivity contribution in [3.8, 4) is 0 Å². The minimum absolute atomic E-state index is 0.282. The zero-order valence-electron chi connectivity index (χ0n) is 10.3. The van der Waals surface area contributed by atoms with E-state index in [0.717, 1.165) is 17.3 Å². The predicted octanol–water partition coefficient (Wildman–Crippen LogP) is 4.61. The van der Waals surface area contributed by atoms with Gasteiger partial charge in [-0.15, -0.1) is 11.3 Å². The van der Waals surface area contributed by atoms with Crippen LogP contribution in [0.2, 0.25) is 0 Å². The van der Waals surface area contributed by atoms with Gasteiger partial charge in [-0.2, -0.15) is 0 Å². The smallest absolute Gasteiger partial charge is 0.0594 e. The third-order valence-electron chi connectivity index (χ3n) is 3.11. The molecule has 0 aliphatic heterocycles. The van der Waals surface area contributed by atoms with Crippen molar-refractivity contribution in [3.63, 3.8) is 0 Å². The van der Waals surface area contributed by atoms with Gasteiger partial charge in [0.1, 0.15) is 0 Å². The van der Waals surface area contributed by atoms with E-state index in [4.69, 9.17) is 0 Å². The van der Waals surface area contributed by atoms with Crippen molar-refractivity contribution in [1.82, 2.24) is 0 Å². The van der Waals surface area contributed by atoms with Crippen LogP contribution in [0.25, 0.3) is 0 Å². The van der Waals surface area contributed by atoms with E-state index in [1.807, 2.05) is 29.6 Å². The van der Waals surface area contributed by atoms with E-state index in [-0.39, 0.29) is 6.10 Å². The van der Waals surface area contributed by atoms with Crippen molar-refractivity contribution in [2.24, 2.45) is 0 Å². The fraction of sp³-hybridized carbons (Fsp3) is 0.333. The predicted molar refractivity (Wildman–Crippen MR) is 81.2 cm³/mol. The van der Waals surface area contributed by atoms with Crippen LogP contribution in [-0.2, 0) is 6.42 Å². The van der Waals surface area contributed by atoms with E-state index < -0.39 is 0 Å². The molecule has 18 heavy (non-hydrogen) atoms. The molecule has 1 aromatic carbocycles. The molecule has 2 atom stereocenters. The van der Waals surface area contributed by atoms with Crippen LogP contribution in [0.15, 0.2) is 46.3 Å². The van der Waals surface area contributed by atoms with Gasteiger partial charge in [0.05, 0.1) is 6.10 Å². The van der Waals surface area contributed by atoms with Gasteiger partial charge < -0.3 is 5.11 Å². The van der Waals surface area contributed by atoms with Crippen LogP contribution in [0, 0.1) is 0 Å². The number of aliphatic hydroxyl groups excluding tert-OH is 1. The molecule has 2 rings (SSSR count). The summed E-state index contributed by atoms with van der Waals surface area (Å²) in [6, 6.07) is 12.4. The molecule has 0 spiro atoms. The molecule has 0 bridgehead atoms. The van der Waals surface area contributed by atoms with Crippen LogP contribution in [0.1, 0.15) is 29.7 Å². The fourth-order valence-corrected chi connectivity index (χ4v) is 3.68. The SMILES string of the molecule is CC(CC(O)Cc1sccc1Br)c1ccccc1. The maximum absolute atomic E-state index is 10.2. The Morgan fingerprint density at radius 3 is 2.56 bits per heavy atom. The summed E-state index contributed by atoms with van der Waals surface area (Å²) < 4.78 is 1.11. The van der Waals surface area contributed by atoms with Gasteiger partial charge in [0.15, 0.2) is 0 Å². The van der Waals surface area contributed by atoms with Crippen molar-refractivity contribution in [2.45, 2.75) is 31.8 Å². The first kappa shape index (κ1) is 13.8. The minimum Gasteiger partial charge on any atom is -0.393 e. The molecule has 0 saturated heterocycles. The minimum atomic E-state index is -0.282. The van der Waals surface area contributed by atoms with Gasteiger partial charge in [-0.05, 0) is 45.3 Å². The summed E-state index contributed by atoms with van der Waals surface area (Å²) in [5, 5.41) is 12.2. The van der Waals surface area contributed by atoms with Crippen LogP contribution in [0.5, 0.6) is 0 Å². The van der Waals surface area contributed by atoms with Crippen LogP contribution in [-0.4, -0.2) is 11.2 Å².